The summed E-state index contributed by atoms with van der Waals surface area (Å²) >= 11 is 7.37. The van der Waals surface area contributed by atoms with E-state index in [1.807, 2.05) is 6.92 Å². The van der Waals surface area contributed by atoms with Crippen molar-refractivity contribution >= 4 is 55.7 Å². The number of hydrogen-bond acceptors (Lipinski definition) is 7. The Labute approximate surface area is 210 Å². The molecule has 0 saturated carbocycles. The van der Waals surface area contributed by atoms with Gasteiger partial charge in [-0.25, -0.2) is 4.98 Å². The van der Waals surface area contributed by atoms with Crippen LogP contribution in [0.25, 0.3) is 16.0 Å². The van der Waals surface area contributed by atoms with Gasteiger partial charge in [-0.3, -0.25) is 19.5 Å². The third-order valence-corrected chi connectivity index (χ3v) is 6.82. The predicted octanol–water partition coefficient (Wildman–Crippen LogP) is 5.76. The third kappa shape index (κ3) is 4.26. The molecule has 0 bridgehead atoms. The Balaban J connectivity index is 1.67. The molecule has 1 fully saturated rings. The average molecular weight is 506 g/mol. The van der Waals surface area contributed by atoms with Gasteiger partial charge in [0.15, 0.2) is 5.13 Å². The van der Waals surface area contributed by atoms with E-state index in [4.69, 9.17) is 16.3 Å². The Morgan fingerprint density at radius 3 is 2.80 bits per heavy atom. The van der Waals surface area contributed by atoms with Crippen LogP contribution in [0.5, 0.6) is 5.75 Å². The molecule has 9 heteroatoms. The number of ether oxygens (including phenoxy) is 1. The number of amides is 1. The van der Waals surface area contributed by atoms with Crippen LogP contribution in [0, 0.1) is 0 Å². The van der Waals surface area contributed by atoms with Crippen molar-refractivity contribution in [3.63, 3.8) is 0 Å². The van der Waals surface area contributed by atoms with Gasteiger partial charge in [-0.2, -0.15) is 0 Å². The van der Waals surface area contributed by atoms with Crippen LogP contribution in [0.2, 0.25) is 5.02 Å². The van der Waals surface area contributed by atoms with Gasteiger partial charge >= 0.3 is 5.91 Å². The van der Waals surface area contributed by atoms with Gasteiger partial charge in [0.05, 0.1) is 28.4 Å². The number of ketones is 1. The highest BCUT2D eigenvalue weighted by Gasteiger charge is 2.48. The minimum Gasteiger partial charge on any atom is -0.507 e. The Hall–Kier alpha value is -3.75. The molecule has 4 aromatic rings. The van der Waals surface area contributed by atoms with Crippen LogP contribution in [-0.4, -0.2) is 33.4 Å². The maximum atomic E-state index is 13.3. The van der Waals surface area contributed by atoms with Gasteiger partial charge in [-0.1, -0.05) is 48.1 Å². The fourth-order valence-electron chi connectivity index (χ4n) is 3.98. The standard InChI is InChI=1S/C26H20ClN3O4S/c1-2-11-34-18-7-3-5-15(12-18)23(31)21-22(16-6-4-10-28-14-16)30(25(33)24(21)32)26-29-19-9-8-17(27)13-20(19)35-26/h3-10,12-14,22,31H,2,11H2,1H3/b23-21+. The fraction of sp³-hybridized carbons (Fsp3) is 0.154. The highest BCUT2D eigenvalue weighted by Crippen LogP contribution is 2.44. The molecule has 0 spiro atoms. The summed E-state index contributed by atoms with van der Waals surface area (Å²) in [6.45, 7) is 2.51. The van der Waals surface area contributed by atoms with Crippen molar-refractivity contribution in [3.05, 3.63) is 88.7 Å². The Morgan fingerprint density at radius 2 is 2.03 bits per heavy atom. The predicted molar refractivity (Wildman–Crippen MR) is 136 cm³/mol. The highest BCUT2D eigenvalue weighted by atomic mass is 35.5. The number of aromatic nitrogens is 2. The van der Waals surface area contributed by atoms with Gasteiger partial charge in [-0.05, 0) is 48.4 Å². The lowest BCUT2D eigenvalue weighted by Gasteiger charge is -2.22. The number of anilines is 1. The van der Waals surface area contributed by atoms with E-state index in [9.17, 15) is 14.7 Å². The van der Waals surface area contributed by atoms with Gasteiger partial charge in [0.2, 0.25) is 0 Å². The Bertz CT molecular complexity index is 1470. The first-order valence-electron chi connectivity index (χ1n) is 11.0. The molecule has 1 atom stereocenters. The summed E-state index contributed by atoms with van der Waals surface area (Å²) in [5.41, 5.74) is 1.57. The molecule has 2 aromatic heterocycles. The average Bonchev–Trinajstić information content (AvgIpc) is 3.40. The van der Waals surface area contributed by atoms with Crippen molar-refractivity contribution in [3.8, 4) is 5.75 Å². The second-order valence-corrected chi connectivity index (χ2v) is 9.39. The van der Waals surface area contributed by atoms with Crippen LogP contribution in [0.1, 0.15) is 30.5 Å². The lowest BCUT2D eigenvalue weighted by Crippen LogP contribution is -2.29. The zero-order chi connectivity index (χ0) is 24.5. The molecule has 1 N–H and O–H groups in total. The molecule has 2 aromatic carbocycles. The number of aliphatic hydroxyl groups is 1. The summed E-state index contributed by atoms with van der Waals surface area (Å²) in [5, 5.41) is 12.2. The van der Waals surface area contributed by atoms with Crippen molar-refractivity contribution < 1.29 is 19.4 Å². The zero-order valence-corrected chi connectivity index (χ0v) is 20.2. The van der Waals surface area contributed by atoms with E-state index in [1.165, 1.54) is 16.2 Å². The molecular formula is C26H20ClN3O4S. The smallest absolute Gasteiger partial charge is 0.301 e. The Morgan fingerprint density at radius 1 is 1.17 bits per heavy atom. The fourth-order valence-corrected chi connectivity index (χ4v) is 5.25. The number of rotatable bonds is 6. The number of thiazole rings is 1. The van der Waals surface area contributed by atoms with Crippen LogP contribution in [0.4, 0.5) is 5.13 Å². The SMILES string of the molecule is CCCOc1cccc(/C(O)=C2\C(=O)C(=O)N(c3nc4ccc(Cl)cc4s3)C2c2cccnc2)c1. The summed E-state index contributed by atoms with van der Waals surface area (Å²) in [7, 11) is 0. The number of benzene rings is 2. The lowest BCUT2D eigenvalue weighted by atomic mass is 9.96. The van der Waals surface area contributed by atoms with Crippen LogP contribution < -0.4 is 9.64 Å². The van der Waals surface area contributed by atoms with E-state index in [-0.39, 0.29) is 11.3 Å². The summed E-state index contributed by atoms with van der Waals surface area (Å²) in [4.78, 5) is 36.7. The molecule has 176 valence electrons. The number of hydrogen-bond donors (Lipinski definition) is 1. The number of Topliss-reactive ketones (excluding diaryl/α,β-unsaturated/α-hetero) is 1. The number of nitrogens with zero attached hydrogens (tertiary/aromatic N) is 3. The molecule has 7 nitrogen and oxygen atoms in total. The minimum absolute atomic E-state index is 0.0343. The molecule has 5 rings (SSSR count). The maximum Gasteiger partial charge on any atom is 0.301 e. The zero-order valence-electron chi connectivity index (χ0n) is 18.6. The van der Waals surface area contributed by atoms with E-state index in [1.54, 1.807) is 67.0 Å². The largest absolute Gasteiger partial charge is 0.507 e. The van der Waals surface area contributed by atoms with Crippen LogP contribution >= 0.6 is 22.9 Å². The second-order valence-electron chi connectivity index (χ2n) is 7.94. The first kappa shape index (κ1) is 23.0. The number of carbonyl (C=O) groups is 2. The second kappa shape index (κ2) is 9.48. The van der Waals surface area contributed by atoms with E-state index in [2.05, 4.69) is 9.97 Å². The third-order valence-electron chi connectivity index (χ3n) is 5.57. The topological polar surface area (TPSA) is 92.6 Å². The molecule has 35 heavy (non-hydrogen) atoms. The lowest BCUT2D eigenvalue weighted by molar-refractivity contribution is -0.132. The van der Waals surface area contributed by atoms with Gasteiger partial charge in [0, 0.05) is 23.0 Å². The first-order chi connectivity index (χ1) is 17.0. The van der Waals surface area contributed by atoms with Crippen molar-refractivity contribution in [2.45, 2.75) is 19.4 Å². The van der Waals surface area contributed by atoms with E-state index in [0.717, 1.165) is 11.1 Å². The van der Waals surface area contributed by atoms with Crippen LogP contribution in [-0.2, 0) is 9.59 Å². The molecule has 0 radical (unpaired) electrons. The van der Waals surface area contributed by atoms with Crippen molar-refractivity contribution in [2.24, 2.45) is 0 Å². The van der Waals surface area contributed by atoms with Gasteiger partial charge in [-0.15, -0.1) is 0 Å². The molecule has 1 aliphatic heterocycles. The highest BCUT2D eigenvalue weighted by molar-refractivity contribution is 7.22. The van der Waals surface area contributed by atoms with Gasteiger partial charge in [0.25, 0.3) is 5.78 Å². The van der Waals surface area contributed by atoms with Crippen LogP contribution in [0.3, 0.4) is 0 Å². The monoisotopic (exact) mass is 505 g/mol. The van der Waals surface area contributed by atoms with E-state index >= 15 is 0 Å². The molecule has 1 aliphatic rings. The van der Waals surface area contributed by atoms with E-state index in [0.29, 0.717) is 39.2 Å². The molecule has 3 heterocycles. The molecule has 1 saturated heterocycles. The van der Waals surface area contributed by atoms with Gasteiger partial charge in [0.1, 0.15) is 11.5 Å². The summed E-state index contributed by atoms with van der Waals surface area (Å²) < 4.78 is 6.45. The van der Waals surface area contributed by atoms with Crippen LogP contribution in [0.15, 0.2) is 72.6 Å². The van der Waals surface area contributed by atoms with Crippen molar-refractivity contribution in [1.82, 2.24) is 9.97 Å². The summed E-state index contributed by atoms with van der Waals surface area (Å²) in [6.07, 6.45) is 4.00. The number of fused-ring (bicyclic) bond motifs is 1. The number of pyridine rings is 1. The summed E-state index contributed by atoms with van der Waals surface area (Å²) in [6, 6.07) is 14.6. The number of halogens is 1. The quantitative estimate of drug-likeness (QED) is 0.203. The normalized spacial score (nSPS) is 17.3. The van der Waals surface area contributed by atoms with E-state index < -0.39 is 17.7 Å². The maximum absolute atomic E-state index is 13.3. The minimum atomic E-state index is -0.903. The molecule has 1 unspecified atom stereocenters. The van der Waals surface area contributed by atoms with Crippen molar-refractivity contribution in [1.29, 1.82) is 0 Å². The summed E-state index contributed by atoms with van der Waals surface area (Å²) in [5.74, 6) is -1.30. The number of aliphatic hydroxyl groups excluding tert-OH is 1. The number of carbonyl (C=O) groups excluding carboxylic acids is 2. The van der Waals surface area contributed by atoms with Crippen molar-refractivity contribution in [2.75, 3.05) is 11.5 Å². The molecule has 1 amide bonds. The van der Waals surface area contributed by atoms with Gasteiger partial charge < -0.3 is 9.84 Å². The molecule has 0 aliphatic carbocycles. The molecular weight excluding hydrogens is 486 g/mol. The first-order valence-corrected chi connectivity index (χ1v) is 12.2. The Kier molecular flexibility index (Phi) is 6.23.